The number of nitrogens with one attached hydrogen (secondary N) is 1. The van der Waals surface area contributed by atoms with Crippen LogP contribution in [0, 0.1) is 11.3 Å². The minimum atomic E-state index is -0.00918. The van der Waals surface area contributed by atoms with E-state index < -0.39 is 0 Å². The number of nitriles is 1. The maximum Gasteiger partial charge on any atom is 0.221 e. The fourth-order valence-electron chi connectivity index (χ4n) is 1.11. The van der Waals surface area contributed by atoms with Crippen LogP contribution in [0.1, 0.15) is 19.2 Å². The minimum Gasteiger partial charge on any atom is -0.356 e. The zero-order valence-corrected chi connectivity index (χ0v) is 8.03. The molecule has 1 N–H and O–H groups in total. The van der Waals surface area contributed by atoms with Crippen LogP contribution in [0.4, 0.5) is 0 Å². The molecule has 1 rings (SSSR count). The second kappa shape index (κ2) is 5.02. The Bertz CT molecular complexity index is 350. The average Bonchev–Trinajstić information content (AvgIpc) is 2.62. The lowest BCUT2D eigenvalue weighted by Gasteiger charge is -2.03. The lowest BCUT2D eigenvalue weighted by atomic mass is 10.4. The van der Waals surface area contributed by atoms with E-state index in [1.54, 1.807) is 17.0 Å². The molecule has 0 radical (unpaired) electrons. The Labute approximate surface area is 82.4 Å². The lowest BCUT2D eigenvalue weighted by molar-refractivity contribution is -0.121. The highest BCUT2D eigenvalue weighted by Gasteiger charge is 2.03. The summed E-state index contributed by atoms with van der Waals surface area (Å²) in [5, 5.41) is 11.3. The number of amides is 1. The molecule has 0 bridgehead atoms. The molecule has 0 saturated carbocycles. The maximum absolute atomic E-state index is 11.1. The molecule has 1 aromatic rings. The molecule has 74 valence electrons. The Kier molecular flexibility index (Phi) is 3.68. The van der Waals surface area contributed by atoms with Crippen LogP contribution in [-0.2, 0) is 11.3 Å². The lowest BCUT2D eigenvalue weighted by Crippen LogP contribution is -2.23. The largest absolute Gasteiger partial charge is 0.356 e. The molecule has 1 aromatic heterocycles. The highest BCUT2D eigenvalue weighted by atomic mass is 16.1. The SMILES string of the molecule is CCNC(=O)CCn1ccnc1C#N. The van der Waals surface area contributed by atoms with Crippen LogP contribution in [0.5, 0.6) is 0 Å². The van der Waals surface area contributed by atoms with Gasteiger partial charge in [-0.2, -0.15) is 5.26 Å². The Hall–Kier alpha value is -1.83. The van der Waals surface area contributed by atoms with Crippen LogP contribution < -0.4 is 5.32 Å². The molecular weight excluding hydrogens is 180 g/mol. The molecule has 0 aliphatic carbocycles. The summed E-state index contributed by atoms with van der Waals surface area (Å²) in [4.78, 5) is 14.9. The van der Waals surface area contributed by atoms with Gasteiger partial charge in [0.2, 0.25) is 11.7 Å². The molecular formula is C9H12N4O. The molecule has 14 heavy (non-hydrogen) atoms. The standard InChI is InChI=1S/C9H12N4O/c1-2-11-9(14)3-5-13-6-4-12-8(13)7-10/h4,6H,2-3,5H2,1H3,(H,11,14). The Morgan fingerprint density at radius 2 is 2.57 bits per heavy atom. The zero-order chi connectivity index (χ0) is 10.4. The number of carbonyl (C=O) groups excluding carboxylic acids is 1. The predicted octanol–water partition coefficient (Wildman–Crippen LogP) is 0.281. The van der Waals surface area contributed by atoms with Gasteiger partial charge in [0.1, 0.15) is 6.07 Å². The molecule has 0 aliphatic heterocycles. The summed E-state index contributed by atoms with van der Waals surface area (Å²) in [5.74, 6) is 0.333. The topological polar surface area (TPSA) is 70.7 Å². The molecule has 0 aromatic carbocycles. The van der Waals surface area contributed by atoms with Crippen molar-refractivity contribution in [2.75, 3.05) is 6.54 Å². The first-order chi connectivity index (χ1) is 6.77. The number of aromatic nitrogens is 2. The molecule has 1 heterocycles. The van der Waals surface area contributed by atoms with E-state index >= 15 is 0 Å². The summed E-state index contributed by atoms with van der Waals surface area (Å²) in [6.45, 7) is 3.00. The van der Waals surface area contributed by atoms with Crippen LogP contribution in [0.2, 0.25) is 0 Å². The minimum absolute atomic E-state index is 0.00918. The maximum atomic E-state index is 11.1. The fraction of sp³-hybridized carbons (Fsp3) is 0.444. The number of carbonyl (C=O) groups is 1. The third-order valence-corrected chi connectivity index (χ3v) is 1.77. The van der Waals surface area contributed by atoms with Gasteiger partial charge in [0.25, 0.3) is 0 Å². The van der Waals surface area contributed by atoms with Gasteiger partial charge in [0.15, 0.2) is 0 Å². The molecule has 0 fully saturated rings. The van der Waals surface area contributed by atoms with E-state index in [1.165, 1.54) is 0 Å². The molecule has 0 saturated heterocycles. The second-order valence-corrected chi connectivity index (χ2v) is 2.76. The van der Waals surface area contributed by atoms with Crippen LogP contribution in [0.3, 0.4) is 0 Å². The van der Waals surface area contributed by atoms with Gasteiger partial charge in [-0.05, 0) is 6.92 Å². The average molecular weight is 192 g/mol. The highest BCUT2D eigenvalue weighted by molar-refractivity contribution is 5.75. The first-order valence-corrected chi connectivity index (χ1v) is 4.46. The van der Waals surface area contributed by atoms with Gasteiger partial charge in [-0.15, -0.1) is 0 Å². The van der Waals surface area contributed by atoms with Crippen molar-refractivity contribution in [3.63, 3.8) is 0 Å². The first-order valence-electron chi connectivity index (χ1n) is 4.46. The van der Waals surface area contributed by atoms with E-state index in [2.05, 4.69) is 10.3 Å². The summed E-state index contributed by atoms with van der Waals surface area (Å²) >= 11 is 0. The van der Waals surface area contributed by atoms with Gasteiger partial charge in [0, 0.05) is 31.9 Å². The second-order valence-electron chi connectivity index (χ2n) is 2.76. The molecule has 1 amide bonds. The Balaban J connectivity index is 2.46. The predicted molar refractivity (Wildman–Crippen MR) is 50.2 cm³/mol. The van der Waals surface area contributed by atoms with Crippen molar-refractivity contribution < 1.29 is 4.79 Å². The highest BCUT2D eigenvalue weighted by Crippen LogP contribution is 1.97. The van der Waals surface area contributed by atoms with Gasteiger partial charge in [0.05, 0.1) is 0 Å². The van der Waals surface area contributed by atoms with Gasteiger partial charge in [-0.1, -0.05) is 0 Å². The van der Waals surface area contributed by atoms with Crippen molar-refractivity contribution in [1.29, 1.82) is 5.26 Å². The quantitative estimate of drug-likeness (QED) is 0.744. The normalized spacial score (nSPS) is 9.43. The molecule has 5 heteroatoms. The fourth-order valence-corrected chi connectivity index (χ4v) is 1.11. The van der Waals surface area contributed by atoms with Crippen LogP contribution in [-0.4, -0.2) is 22.0 Å². The number of aryl methyl sites for hydroxylation is 1. The Morgan fingerprint density at radius 1 is 1.79 bits per heavy atom. The van der Waals surface area contributed by atoms with E-state index in [4.69, 9.17) is 5.26 Å². The molecule has 5 nitrogen and oxygen atoms in total. The van der Waals surface area contributed by atoms with Crippen LogP contribution in [0.15, 0.2) is 12.4 Å². The summed E-state index contributed by atoms with van der Waals surface area (Å²) in [5.41, 5.74) is 0. The van der Waals surface area contributed by atoms with E-state index in [-0.39, 0.29) is 5.91 Å². The van der Waals surface area contributed by atoms with Crippen molar-refractivity contribution in [3.8, 4) is 6.07 Å². The third-order valence-electron chi connectivity index (χ3n) is 1.77. The van der Waals surface area contributed by atoms with E-state index in [9.17, 15) is 4.79 Å². The monoisotopic (exact) mass is 192 g/mol. The van der Waals surface area contributed by atoms with Crippen LogP contribution in [0.25, 0.3) is 0 Å². The van der Waals surface area contributed by atoms with Gasteiger partial charge in [-0.25, -0.2) is 4.98 Å². The molecule has 0 unspecified atom stereocenters. The van der Waals surface area contributed by atoms with Gasteiger partial charge >= 0.3 is 0 Å². The van der Waals surface area contributed by atoms with Crippen LogP contribution >= 0.6 is 0 Å². The van der Waals surface area contributed by atoms with Crippen molar-refractivity contribution in [3.05, 3.63) is 18.2 Å². The summed E-state index contributed by atoms with van der Waals surface area (Å²) < 4.78 is 1.66. The van der Waals surface area contributed by atoms with Crippen molar-refractivity contribution in [1.82, 2.24) is 14.9 Å². The molecule has 0 aliphatic rings. The Morgan fingerprint density at radius 3 is 3.21 bits per heavy atom. The number of nitrogens with zero attached hydrogens (tertiary/aromatic N) is 3. The van der Waals surface area contributed by atoms with Crippen molar-refractivity contribution >= 4 is 5.91 Å². The number of imidazole rings is 1. The van der Waals surface area contributed by atoms with E-state index in [0.29, 0.717) is 25.3 Å². The number of hydrogen-bond donors (Lipinski definition) is 1. The summed E-state index contributed by atoms with van der Waals surface area (Å²) in [6.07, 6.45) is 3.62. The molecule has 0 spiro atoms. The number of hydrogen-bond acceptors (Lipinski definition) is 3. The van der Waals surface area contributed by atoms with Crippen molar-refractivity contribution in [2.24, 2.45) is 0 Å². The zero-order valence-electron chi connectivity index (χ0n) is 8.03. The van der Waals surface area contributed by atoms with E-state index in [0.717, 1.165) is 0 Å². The summed E-state index contributed by atoms with van der Waals surface area (Å²) in [6, 6.07) is 1.95. The first kappa shape index (κ1) is 10.3. The van der Waals surface area contributed by atoms with Gasteiger partial charge < -0.3 is 9.88 Å². The number of rotatable bonds is 4. The van der Waals surface area contributed by atoms with Crippen molar-refractivity contribution in [2.45, 2.75) is 19.9 Å². The third kappa shape index (κ3) is 2.59. The summed E-state index contributed by atoms with van der Waals surface area (Å²) in [7, 11) is 0. The smallest absolute Gasteiger partial charge is 0.221 e. The molecule has 0 atom stereocenters. The van der Waals surface area contributed by atoms with E-state index in [1.807, 2.05) is 13.0 Å². The van der Waals surface area contributed by atoms with Gasteiger partial charge in [-0.3, -0.25) is 4.79 Å².